The van der Waals surface area contributed by atoms with Gasteiger partial charge in [0.15, 0.2) is 0 Å². The Bertz CT molecular complexity index is 354. The van der Waals surface area contributed by atoms with E-state index in [0.29, 0.717) is 5.92 Å². The van der Waals surface area contributed by atoms with Gasteiger partial charge in [0.25, 0.3) is 0 Å². The highest BCUT2D eigenvalue weighted by molar-refractivity contribution is 5.34. The third-order valence-corrected chi connectivity index (χ3v) is 3.15. The molecule has 1 unspecified atom stereocenters. The van der Waals surface area contributed by atoms with Gasteiger partial charge in [0.1, 0.15) is 0 Å². The van der Waals surface area contributed by atoms with Gasteiger partial charge in [0, 0.05) is 19.1 Å². The van der Waals surface area contributed by atoms with Crippen LogP contribution in [0.1, 0.15) is 29.0 Å². The summed E-state index contributed by atoms with van der Waals surface area (Å²) in [4.78, 5) is 2.23. The summed E-state index contributed by atoms with van der Waals surface area (Å²) in [7, 11) is 4.24. The molecule has 16 heavy (non-hydrogen) atoms. The SMILES string of the molecule is Cc1ccc(C2CCOC2)c(CN(C)C)c1. The minimum atomic E-state index is 0.607. The molecular formula is C14H21NO. The van der Waals surface area contributed by atoms with Crippen molar-refractivity contribution in [1.29, 1.82) is 0 Å². The number of rotatable bonds is 3. The van der Waals surface area contributed by atoms with E-state index in [9.17, 15) is 0 Å². The second-order valence-electron chi connectivity index (χ2n) is 5.00. The summed E-state index contributed by atoms with van der Waals surface area (Å²) in [5, 5.41) is 0. The topological polar surface area (TPSA) is 12.5 Å². The maximum Gasteiger partial charge on any atom is 0.0535 e. The first kappa shape index (κ1) is 11.6. The van der Waals surface area contributed by atoms with Gasteiger partial charge in [-0.25, -0.2) is 0 Å². The molecule has 0 aromatic heterocycles. The van der Waals surface area contributed by atoms with Crippen LogP contribution in [0, 0.1) is 6.92 Å². The van der Waals surface area contributed by atoms with Crippen molar-refractivity contribution < 1.29 is 4.74 Å². The van der Waals surface area contributed by atoms with Gasteiger partial charge in [-0.3, -0.25) is 0 Å². The largest absolute Gasteiger partial charge is 0.381 e. The monoisotopic (exact) mass is 219 g/mol. The molecule has 0 bridgehead atoms. The number of benzene rings is 1. The summed E-state index contributed by atoms with van der Waals surface area (Å²) in [6.45, 7) is 4.99. The van der Waals surface area contributed by atoms with E-state index in [4.69, 9.17) is 4.74 Å². The molecule has 1 fully saturated rings. The third kappa shape index (κ3) is 2.63. The molecule has 2 rings (SSSR count). The Hall–Kier alpha value is -0.860. The van der Waals surface area contributed by atoms with E-state index < -0.39 is 0 Å². The van der Waals surface area contributed by atoms with Crippen molar-refractivity contribution in [1.82, 2.24) is 4.90 Å². The normalized spacial score (nSPS) is 20.6. The molecule has 0 radical (unpaired) electrons. The number of nitrogens with zero attached hydrogens (tertiary/aromatic N) is 1. The van der Waals surface area contributed by atoms with Crippen LogP contribution in [0.25, 0.3) is 0 Å². The molecule has 0 N–H and O–H groups in total. The molecular weight excluding hydrogens is 198 g/mol. The molecule has 2 heteroatoms. The van der Waals surface area contributed by atoms with E-state index in [0.717, 1.165) is 19.8 Å². The maximum atomic E-state index is 5.49. The fraction of sp³-hybridized carbons (Fsp3) is 0.571. The molecule has 1 aliphatic heterocycles. The zero-order chi connectivity index (χ0) is 11.5. The Labute approximate surface area is 98.2 Å². The molecule has 1 aromatic carbocycles. The fourth-order valence-electron chi connectivity index (χ4n) is 2.39. The smallest absolute Gasteiger partial charge is 0.0535 e. The Balaban J connectivity index is 2.27. The van der Waals surface area contributed by atoms with Crippen LogP contribution in [-0.4, -0.2) is 32.2 Å². The maximum absolute atomic E-state index is 5.49. The third-order valence-electron chi connectivity index (χ3n) is 3.15. The van der Waals surface area contributed by atoms with Gasteiger partial charge in [-0.2, -0.15) is 0 Å². The Morgan fingerprint density at radius 1 is 1.38 bits per heavy atom. The van der Waals surface area contributed by atoms with Gasteiger partial charge in [-0.1, -0.05) is 23.8 Å². The van der Waals surface area contributed by atoms with Crippen LogP contribution in [0.5, 0.6) is 0 Å². The van der Waals surface area contributed by atoms with E-state index in [2.05, 4.69) is 44.1 Å². The molecule has 88 valence electrons. The second kappa shape index (κ2) is 4.98. The summed E-state index contributed by atoms with van der Waals surface area (Å²) in [6.07, 6.45) is 1.17. The first-order chi connectivity index (χ1) is 7.66. The average molecular weight is 219 g/mol. The van der Waals surface area contributed by atoms with Crippen LogP contribution in [-0.2, 0) is 11.3 Å². The molecule has 0 saturated carbocycles. The minimum Gasteiger partial charge on any atom is -0.381 e. The van der Waals surface area contributed by atoms with E-state index in [1.54, 1.807) is 0 Å². The van der Waals surface area contributed by atoms with Crippen LogP contribution in [0.2, 0.25) is 0 Å². The zero-order valence-corrected chi connectivity index (χ0v) is 10.5. The number of ether oxygens (including phenoxy) is 1. The van der Waals surface area contributed by atoms with Crippen molar-refractivity contribution in [2.75, 3.05) is 27.3 Å². The molecule has 1 atom stereocenters. The van der Waals surface area contributed by atoms with Crippen molar-refractivity contribution in [3.05, 3.63) is 34.9 Å². The van der Waals surface area contributed by atoms with Gasteiger partial charge in [-0.15, -0.1) is 0 Å². The predicted octanol–water partition coefficient (Wildman–Crippen LogP) is 2.56. The molecule has 1 saturated heterocycles. The van der Waals surface area contributed by atoms with Crippen LogP contribution >= 0.6 is 0 Å². The zero-order valence-electron chi connectivity index (χ0n) is 10.5. The van der Waals surface area contributed by atoms with Gasteiger partial charge in [0.05, 0.1) is 6.61 Å². The molecule has 0 spiro atoms. The summed E-state index contributed by atoms with van der Waals surface area (Å²) < 4.78 is 5.49. The van der Waals surface area contributed by atoms with Crippen molar-refractivity contribution in [2.45, 2.75) is 25.8 Å². The van der Waals surface area contributed by atoms with E-state index in [-0.39, 0.29) is 0 Å². The number of hydrogen-bond donors (Lipinski definition) is 0. The van der Waals surface area contributed by atoms with E-state index in [1.807, 2.05) is 0 Å². The first-order valence-electron chi connectivity index (χ1n) is 5.98. The Morgan fingerprint density at radius 3 is 2.81 bits per heavy atom. The number of hydrogen-bond acceptors (Lipinski definition) is 2. The Kier molecular flexibility index (Phi) is 3.62. The average Bonchev–Trinajstić information content (AvgIpc) is 2.69. The molecule has 1 aromatic rings. The van der Waals surface area contributed by atoms with Gasteiger partial charge in [0.2, 0.25) is 0 Å². The minimum absolute atomic E-state index is 0.607. The predicted molar refractivity (Wildman–Crippen MR) is 66.7 cm³/mol. The standard InChI is InChI=1S/C14H21NO/c1-11-4-5-14(12-6-7-16-10-12)13(8-11)9-15(2)3/h4-5,8,12H,6-7,9-10H2,1-3H3. The molecule has 1 heterocycles. The first-order valence-corrected chi connectivity index (χ1v) is 5.98. The highest BCUT2D eigenvalue weighted by Gasteiger charge is 2.20. The highest BCUT2D eigenvalue weighted by Crippen LogP contribution is 2.29. The summed E-state index contributed by atoms with van der Waals surface area (Å²) in [5.74, 6) is 0.607. The lowest BCUT2D eigenvalue weighted by molar-refractivity contribution is 0.193. The van der Waals surface area contributed by atoms with Crippen LogP contribution in [0.15, 0.2) is 18.2 Å². The van der Waals surface area contributed by atoms with Crippen molar-refractivity contribution in [3.8, 4) is 0 Å². The van der Waals surface area contributed by atoms with Crippen molar-refractivity contribution in [2.24, 2.45) is 0 Å². The molecule has 0 amide bonds. The highest BCUT2D eigenvalue weighted by atomic mass is 16.5. The number of aryl methyl sites for hydroxylation is 1. The van der Waals surface area contributed by atoms with Gasteiger partial charge in [-0.05, 0) is 38.6 Å². The van der Waals surface area contributed by atoms with Gasteiger partial charge >= 0.3 is 0 Å². The molecule has 2 nitrogen and oxygen atoms in total. The van der Waals surface area contributed by atoms with Crippen LogP contribution in [0.3, 0.4) is 0 Å². The van der Waals surface area contributed by atoms with Crippen LogP contribution in [0.4, 0.5) is 0 Å². The summed E-state index contributed by atoms with van der Waals surface area (Å²) in [5.41, 5.74) is 4.29. The van der Waals surface area contributed by atoms with Gasteiger partial charge < -0.3 is 9.64 Å². The van der Waals surface area contributed by atoms with Crippen LogP contribution < -0.4 is 0 Å². The molecule has 0 aliphatic carbocycles. The fourth-order valence-corrected chi connectivity index (χ4v) is 2.39. The lowest BCUT2D eigenvalue weighted by Gasteiger charge is -2.18. The van der Waals surface area contributed by atoms with Crippen molar-refractivity contribution >= 4 is 0 Å². The lowest BCUT2D eigenvalue weighted by atomic mass is 9.92. The Morgan fingerprint density at radius 2 is 2.19 bits per heavy atom. The summed E-state index contributed by atoms with van der Waals surface area (Å²) >= 11 is 0. The van der Waals surface area contributed by atoms with E-state index >= 15 is 0 Å². The molecule has 1 aliphatic rings. The second-order valence-corrected chi connectivity index (χ2v) is 5.00. The quantitative estimate of drug-likeness (QED) is 0.774. The summed E-state index contributed by atoms with van der Waals surface area (Å²) in [6, 6.07) is 6.81. The van der Waals surface area contributed by atoms with E-state index in [1.165, 1.54) is 23.1 Å². The van der Waals surface area contributed by atoms with Crippen molar-refractivity contribution in [3.63, 3.8) is 0 Å². The lowest BCUT2D eigenvalue weighted by Crippen LogP contribution is -2.14.